The minimum atomic E-state index is -5.07. The fraction of sp³-hybridized carbons (Fsp3) is 0.138. The number of rotatable bonds is 6. The van der Waals surface area contributed by atoms with Gasteiger partial charge in [-0.15, -0.1) is 0 Å². The van der Waals surface area contributed by atoms with Gasteiger partial charge >= 0.3 is 12.1 Å². The van der Waals surface area contributed by atoms with E-state index in [-0.39, 0.29) is 17.0 Å². The normalized spacial score (nSPS) is 11.3. The van der Waals surface area contributed by atoms with E-state index in [2.05, 4.69) is 0 Å². The summed E-state index contributed by atoms with van der Waals surface area (Å²) >= 11 is 0. The second-order valence-corrected chi connectivity index (χ2v) is 8.59. The van der Waals surface area contributed by atoms with Crippen LogP contribution in [-0.2, 0) is 11.4 Å². The molecule has 0 unspecified atom stereocenters. The summed E-state index contributed by atoms with van der Waals surface area (Å²) in [4.78, 5) is 11.1. The third-order valence-electron chi connectivity index (χ3n) is 5.85. The highest BCUT2D eigenvalue weighted by atomic mass is 19.4. The first-order chi connectivity index (χ1) is 17.5. The predicted molar refractivity (Wildman–Crippen MR) is 134 cm³/mol. The number of phenolic OH excluding ortho intramolecular Hbond substituents is 1. The van der Waals surface area contributed by atoms with E-state index in [0.717, 1.165) is 33.9 Å². The van der Waals surface area contributed by atoms with E-state index in [0.29, 0.717) is 17.9 Å². The van der Waals surface area contributed by atoms with Crippen molar-refractivity contribution in [3.8, 4) is 33.8 Å². The molecule has 0 spiro atoms. The Morgan fingerprint density at radius 1 is 0.865 bits per heavy atom. The Bertz CT molecular complexity index is 1450. The molecule has 0 saturated carbocycles. The van der Waals surface area contributed by atoms with Crippen LogP contribution in [0.15, 0.2) is 78.9 Å². The number of benzene rings is 4. The summed E-state index contributed by atoms with van der Waals surface area (Å²) in [5.74, 6) is -2.61. The van der Waals surface area contributed by atoms with Crippen molar-refractivity contribution in [2.24, 2.45) is 0 Å². The van der Waals surface area contributed by atoms with Gasteiger partial charge < -0.3 is 15.2 Å². The maximum atomic E-state index is 14.8. The van der Waals surface area contributed by atoms with E-state index < -0.39 is 17.9 Å². The van der Waals surface area contributed by atoms with Gasteiger partial charge in [0.05, 0.1) is 0 Å². The van der Waals surface area contributed by atoms with E-state index in [1.165, 1.54) is 12.1 Å². The van der Waals surface area contributed by atoms with Crippen LogP contribution >= 0.6 is 0 Å². The molecule has 0 atom stereocenters. The van der Waals surface area contributed by atoms with Gasteiger partial charge in [0.25, 0.3) is 0 Å². The van der Waals surface area contributed by atoms with Crippen LogP contribution in [0.5, 0.6) is 11.5 Å². The number of anilines is 1. The summed E-state index contributed by atoms with van der Waals surface area (Å²) in [5, 5.41) is 12.2. The summed E-state index contributed by atoms with van der Waals surface area (Å²) in [6.07, 6.45) is -5.07. The van der Waals surface area contributed by atoms with Crippen LogP contribution in [0.25, 0.3) is 22.3 Å². The third-order valence-corrected chi connectivity index (χ3v) is 5.85. The number of carbonyl (C=O) groups excluding carboxylic acids is 1. The number of phenols is 1. The maximum Gasteiger partial charge on any atom is 0.471 e. The minimum Gasteiger partial charge on any atom is -0.504 e. The summed E-state index contributed by atoms with van der Waals surface area (Å²) in [6.45, 7) is 3.93. The van der Waals surface area contributed by atoms with Crippen molar-refractivity contribution in [2.75, 3.05) is 5.32 Å². The van der Waals surface area contributed by atoms with E-state index in [4.69, 9.17) is 4.74 Å². The van der Waals surface area contributed by atoms with E-state index >= 15 is 0 Å². The molecule has 0 aliphatic rings. The molecule has 0 aliphatic heterocycles. The monoisotopic (exact) mass is 509 g/mol. The Hall–Kier alpha value is -4.33. The zero-order valence-corrected chi connectivity index (χ0v) is 20.0. The number of hydrogen-bond acceptors (Lipinski definition) is 3. The quantitative estimate of drug-likeness (QED) is 0.264. The highest BCUT2D eigenvalue weighted by Gasteiger charge is 2.38. The molecule has 0 saturated heterocycles. The number of nitrogens with one attached hydrogen (secondary N) is 1. The van der Waals surface area contributed by atoms with Gasteiger partial charge in [0, 0.05) is 11.3 Å². The molecule has 0 aromatic heterocycles. The number of alkyl halides is 3. The summed E-state index contributed by atoms with van der Waals surface area (Å²) in [7, 11) is 0. The maximum absolute atomic E-state index is 14.8. The zero-order valence-electron chi connectivity index (χ0n) is 20.0. The lowest BCUT2D eigenvalue weighted by Crippen LogP contribution is -2.29. The molecule has 0 heterocycles. The first-order valence-electron chi connectivity index (χ1n) is 11.3. The van der Waals surface area contributed by atoms with Gasteiger partial charge in [-0.3, -0.25) is 4.79 Å². The highest BCUT2D eigenvalue weighted by Crippen LogP contribution is 2.37. The number of ether oxygens (including phenoxy) is 1. The number of aryl methyl sites for hydroxylation is 2. The van der Waals surface area contributed by atoms with Crippen LogP contribution < -0.4 is 10.1 Å². The van der Waals surface area contributed by atoms with Crippen LogP contribution in [0, 0.1) is 19.7 Å². The number of carbonyl (C=O) groups is 1. The van der Waals surface area contributed by atoms with Gasteiger partial charge in [-0.25, -0.2) is 4.39 Å². The van der Waals surface area contributed by atoms with Crippen molar-refractivity contribution >= 4 is 11.6 Å². The summed E-state index contributed by atoms with van der Waals surface area (Å²) in [5.41, 5.74) is 4.49. The second-order valence-electron chi connectivity index (χ2n) is 8.59. The Balaban J connectivity index is 1.57. The minimum absolute atomic E-state index is 0.0166. The molecule has 0 bridgehead atoms. The summed E-state index contributed by atoms with van der Waals surface area (Å²) in [6, 6.07) is 21.7. The van der Waals surface area contributed by atoms with Crippen molar-refractivity contribution in [1.82, 2.24) is 0 Å². The lowest BCUT2D eigenvalue weighted by Gasteiger charge is -2.15. The van der Waals surface area contributed by atoms with Crippen molar-refractivity contribution in [3.05, 3.63) is 101 Å². The molecule has 190 valence electrons. The first-order valence-corrected chi connectivity index (χ1v) is 11.3. The average molecular weight is 509 g/mol. The van der Waals surface area contributed by atoms with Crippen molar-refractivity contribution in [3.63, 3.8) is 0 Å². The molecule has 37 heavy (non-hydrogen) atoms. The molecule has 4 aromatic carbocycles. The number of halogens is 4. The van der Waals surface area contributed by atoms with Crippen molar-refractivity contribution in [1.29, 1.82) is 0 Å². The molecule has 4 nitrogen and oxygen atoms in total. The van der Waals surface area contributed by atoms with E-state index in [9.17, 15) is 27.5 Å². The molecule has 1 amide bonds. The van der Waals surface area contributed by atoms with Crippen LogP contribution in [0.2, 0.25) is 0 Å². The Morgan fingerprint density at radius 2 is 1.54 bits per heavy atom. The molecular formula is C29H23F4NO3. The lowest BCUT2D eigenvalue weighted by atomic mass is 9.91. The molecule has 4 rings (SSSR count). The predicted octanol–water partition coefficient (Wildman–Crippen LogP) is 7.56. The molecule has 0 radical (unpaired) electrons. The zero-order chi connectivity index (χ0) is 26.7. The Kier molecular flexibility index (Phi) is 7.20. The number of aromatic hydroxyl groups is 1. The lowest BCUT2D eigenvalue weighted by molar-refractivity contribution is -0.167. The second kappa shape index (κ2) is 10.3. The van der Waals surface area contributed by atoms with Crippen LogP contribution in [0.4, 0.5) is 23.2 Å². The molecule has 8 heteroatoms. The Labute approximate surface area is 211 Å². The fourth-order valence-electron chi connectivity index (χ4n) is 3.97. The Morgan fingerprint density at radius 3 is 2.19 bits per heavy atom. The van der Waals surface area contributed by atoms with Crippen molar-refractivity contribution in [2.45, 2.75) is 26.6 Å². The molecule has 4 aromatic rings. The van der Waals surface area contributed by atoms with Crippen LogP contribution in [0.1, 0.15) is 16.7 Å². The molecule has 0 fully saturated rings. The molecular weight excluding hydrogens is 486 g/mol. The van der Waals surface area contributed by atoms with Gasteiger partial charge in [0.1, 0.15) is 12.4 Å². The van der Waals surface area contributed by atoms with Crippen LogP contribution in [0.3, 0.4) is 0 Å². The SMILES string of the molecule is Cc1cc(-c2ccc(NC(=O)C(F)(F)F)cc2F)c(C)cc1-c1ccc(OCc2ccccc2)c(O)c1. The first kappa shape index (κ1) is 25.8. The van der Waals surface area contributed by atoms with Gasteiger partial charge in [-0.2, -0.15) is 13.2 Å². The number of hydrogen-bond donors (Lipinski definition) is 2. The van der Waals surface area contributed by atoms with Gasteiger partial charge in [-0.1, -0.05) is 48.5 Å². The number of amides is 1. The third kappa shape index (κ3) is 5.91. The van der Waals surface area contributed by atoms with Gasteiger partial charge in [0.2, 0.25) is 0 Å². The fourth-order valence-corrected chi connectivity index (χ4v) is 3.97. The molecule has 2 N–H and O–H groups in total. The standard InChI is InChI=1S/C29H23F4NO3/c1-17-13-24(22-10-9-21(15-25(22)30)34-28(36)29(31,32)33)18(2)12-23(17)20-8-11-27(26(35)14-20)37-16-19-6-4-3-5-7-19/h3-15,35H,16H2,1-2H3,(H,34,36). The highest BCUT2D eigenvalue weighted by molar-refractivity contribution is 5.95. The topological polar surface area (TPSA) is 58.6 Å². The average Bonchev–Trinajstić information content (AvgIpc) is 2.85. The van der Waals surface area contributed by atoms with E-state index in [1.807, 2.05) is 49.4 Å². The molecule has 0 aliphatic carbocycles. The van der Waals surface area contributed by atoms with Gasteiger partial charge in [-0.05, 0) is 77.6 Å². The smallest absolute Gasteiger partial charge is 0.471 e. The van der Waals surface area contributed by atoms with E-state index in [1.54, 1.807) is 30.4 Å². The van der Waals surface area contributed by atoms with Crippen molar-refractivity contribution < 1.29 is 32.2 Å². The summed E-state index contributed by atoms with van der Waals surface area (Å²) < 4.78 is 58.0. The van der Waals surface area contributed by atoms with Gasteiger partial charge in [0.15, 0.2) is 11.5 Å². The van der Waals surface area contributed by atoms with Crippen LogP contribution in [-0.4, -0.2) is 17.2 Å². The largest absolute Gasteiger partial charge is 0.504 e.